The van der Waals surface area contributed by atoms with Crippen LogP contribution in [0.2, 0.25) is 0 Å². The molecule has 1 aliphatic rings. The molecule has 2 aromatic carbocycles. The summed E-state index contributed by atoms with van der Waals surface area (Å²) in [6.07, 6.45) is 3.71. The first-order valence-corrected chi connectivity index (χ1v) is 15.2. The van der Waals surface area contributed by atoms with Crippen LogP contribution < -0.4 is 4.74 Å². The van der Waals surface area contributed by atoms with E-state index in [1.807, 2.05) is 30.3 Å². The third-order valence-electron chi connectivity index (χ3n) is 6.96. The quantitative estimate of drug-likeness (QED) is 0.262. The van der Waals surface area contributed by atoms with Crippen LogP contribution in [0.25, 0.3) is 11.1 Å². The van der Waals surface area contributed by atoms with Gasteiger partial charge in [-0.15, -0.1) is 0 Å². The van der Waals surface area contributed by atoms with Gasteiger partial charge < -0.3 is 19.5 Å². The van der Waals surface area contributed by atoms with Crippen molar-refractivity contribution in [3.63, 3.8) is 0 Å². The minimum absolute atomic E-state index is 0.0125. The molecule has 8 heteroatoms. The molecular weight excluding hydrogens is 504 g/mol. The predicted octanol–water partition coefficient (Wildman–Crippen LogP) is 7.30. The minimum atomic E-state index is -3.16. The largest absolute Gasteiger partial charge is 0.508 e. The second kappa shape index (κ2) is 11.2. The van der Waals surface area contributed by atoms with Gasteiger partial charge in [0.15, 0.2) is 7.37 Å². The molecule has 1 aromatic heterocycles. The molecule has 0 radical (unpaired) electrons. The maximum atomic E-state index is 14.8. The van der Waals surface area contributed by atoms with Gasteiger partial charge in [-0.1, -0.05) is 32.9 Å². The van der Waals surface area contributed by atoms with E-state index in [0.29, 0.717) is 22.9 Å². The topological polar surface area (TPSA) is 88.9 Å². The van der Waals surface area contributed by atoms with E-state index >= 15 is 0 Å². The van der Waals surface area contributed by atoms with Crippen LogP contribution in [-0.2, 0) is 15.9 Å². The van der Waals surface area contributed by atoms with Crippen LogP contribution in [0, 0.1) is 17.2 Å². The number of hydrogen-bond acceptors (Lipinski definition) is 5. The molecule has 3 aromatic rings. The summed E-state index contributed by atoms with van der Waals surface area (Å²) in [5.41, 5.74) is 3.28. The van der Waals surface area contributed by atoms with E-state index in [9.17, 15) is 19.0 Å². The van der Waals surface area contributed by atoms with Gasteiger partial charge in [-0.2, -0.15) is 0 Å². The Labute approximate surface area is 224 Å². The van der Waals surface area contributed by atoms with Gasteiger partial charge in [-0.3, -0.25) is 4.57 Å². The van der Waals surface area contributed by atoms with E-state index < -0.39 is 13.2 Å². The number of phenols is 1. The van der Waals surface area contributed by atoms with E-state index in [1.165, 1.54) is 24.9 Å². The van der Waals surface area contributed by atoms with E-state index in [1.54, 1.807) is 13.3 Å². The summed E-state index contributed by atoms with van der Waals surface area (Å²) in [5, 5.41) is 10.0. The van der Waals surface area contributed by atoms with Crippen molar-refractivity contribution < 1.29 is 28.4 Å². The van der Waals surface area contributed by atoms with Crippen LogP contribution in [0.1, 0.15) is 62.3 Å². The molecule has 4 rings (SSSR count). The van der Waals surface area contributed by atoms with Gasteiger partial charge in [0.1, 0.15) is 18.2 Å². The lowest BCUT2D eigenvalue weighted by Gasteiger charge is -2.32. The van der Waals surface area contributed by atoms with Crippen molar-refractivity contribution in [2.75, 3.05) is 19.9 Å². The fourth-order valence-corrected chi connectivity index (χ4v) is 6.35. The molecule has 6 nitrogen and oxygen atoms in total. The zero-order valence-electron chi connectivity index (χ0n) is 22.6. The fourth-order valence-electron chi connectivity index (χ4n) is 5.11. The van der Waals surface area contributed by atoms with Crippen LogP contribution >= 0.6 is 7.37 Å². The van der Waals surface area contributed by atoms with Gasteiger partial charge in [0, 0.05) is 37.8 Å². The van der Waals surface area contributed by atoms with Gasteiger partial charge in [0.05, 0.1) is 6.10 Å². The normalized spacial score (nSPS) is 17.0. The Hall–Kier alpha value is -2.73. The lowest BCUT2D eigenvalue weighted by molar-refractivity contribution is 0.0155. The highest BCUT2D eigenvalue weighted by atomic mass is 31.2. The van der Waals surface area contributed by atoms with E-state index in [2.05, 4.69) is 25.8 Å². The molecule has 2 N–H and O–H groups in total. The van der Waals surface area contributed by atoms with Gasteiger partial charge in [-0.05, 0) is 82.7 Å². The Kier molecular flexibility index (Phi) is 8.32. The zero-order valence-corrected chi connectivity index (χ0v) is 23.5. The molecule has 3 unspecified atom stereocenters. The van der Waals surface area contributed by atoms with Gasteiger partial charge >= 0.3 is 0 Å². The minimum Gasteiger partial charge on any atom is -0.508 e. The lowest BCUT2D eigenvalue weighted by Crippen LogP contribution is -2.21. The molecule has 3 atom stereocenters. The van der Waals surface area contributed by atoms with Crippen LogP contribution in [-0.4, -0.2) is 34.9 Å². The van der Waals surface area contributed by atoms with Crippen LogP contribution in [0.4, 0.5) is 4.39 Å². The smallest absolute Gasteiger partial charge is 0.213 e. The summed E-state index contributed by atoms with van der Waals surface area (Å²) >= 11 is 0. The number of hydrogen-bond donors (Lipinski definition) is 2. The first-order chi connectivity index (χ1) is 17.9. The molecule has 0 saturated heterocycles. The number of benzene rings is 2. The Morgan fingerprint density at radius 2 is 1.84 bits per heavy atom. The number of methoxy groups -OCH3 is 1. The summed E-state index contributed by atoms with van der Waals surface area (Å²) in [6, 6.07) is 13.4. The Bertz CT molecular complexity index is 1330. The maximum absolute atomic E-state index is 14.8. The van der Waals surface area contributed by atoms with E-state index in [4.69, 9.17) is 9.47 Å². The average Bonchev–Trinajstić information content (AvgIpc) is 3.68. The Balaban J connectivity index is 1.63. The van der Waals surface area contributed by atoms with Crippen LogP contribution in [0.15, 0.2) is 54.7 Å². The van der Waals surface area contributed by atoms with Gasteiger partial charge in [0.25, 0.3) is 0 Å². The molecular formula is C30H37FNO5P. The molecule has 1 heterocycles. The highest BCUT2D eigenvalue weighted by Crippen LogP contribution is 2.50. The summed E-state index contributed by atoms with van der Waals surface area (Å²) < 4.78 is 38.9. The molecule has 0 bridgehead atoms. The molecule has 38 heavy (non-hydrogen) atoms. The van der Waals surface area contributed by atoms with Gasteiger partial charge in [0.2, 0.25) is 5.88 Å². The van der Waals surface area contributed by atoms with Crippen LogP contribution in [0.5, 0.6) is 11.6 Å². The predicted molar refractivity (Wildman–Crippen MR) is 147 cm³/mol. The number of rotatable bonds is 10. The fraction of sp³-hybridized carbons (Fsp3) is 0.433. The number of halogens is 1. The summed E-state index contributed by atoms with van der Waals surface area (Å²) in [5.74, 6) is 0.435. The Morgan fingerprint density at radius 3 is 2.47 bits per heavy atom. The van der Waals surface area contributed by atoms with Crippen molar-refractivity contribution in [3.8, 4) is 22.8 Å². The summed E-state index contributed by atoms with van der Waals surface area (Å²) in [6.45, 7) is 7.81. The zero-order chi connectivity index (χ0) is 27.7. The SMILES string of the molecule is COC(c1cc(COc2cc(C(CP(C)(=O)O)C3CC3)ccn2)ccc1-c1cc(O)ccc1F)C(C)(C)C. The number of ether oxygens (including phenoxy) is 2. The van der Waals surface area contributed by atoms with Crippen LogP contribution in [0.3, 0.4) is 0 Å². The van der Waals surface area contributed by atoms with Crippen molar-refractivity contribution in [2.45, 2.75) is 52.2 Å². The summed E-state index contributed by atoms with van der Waals surface area (Å²) in [4.78, 5) is 14.4. The second-order valence-corrected chi connectivity index (χ2v) is 13.9. The number of phenolic OH excluding ortho intramolecular Hbond substituents is 1. The van der Waals surface area contributed by atoms with Crippen molar-refractivity contribution in [1.82, 2.24) is 4.98 Å². The molecule has 204 valence electrons. The van der Waals surface area contributed by atoms with Crippen molar-refractivity contribution in [1.29, 1.82) is 0 Å². The van der Waals surface area contributed by atoms with Crippen molar-refractivity contribution in [3.05, 3.63) is 77.2 Å². The number of pyridine rings is 1. The molecule has 0 aliphatic heterocycles. The first-order valence-electron chi connectivity index (χ1n) is 12.9. The van der Waals surface area contributed by atoms with E-state index in [-0.39, 0.29) is 36.0 Å². The molecule has 0 amide bonds. The summed E-state index contributed by atoms with van der Waals surface area (Å²) in [7, 11) is -1.53. The molecule has 1 aliphatic carbocycles. The van der Waals surface area contributed by atoms with Crippen molar-refractivity contribution in [2.24, 2.45) is 11.3 Å². The number of aromatic nitrogens is 1. The van der Waals surface area contributed by atoms with Gasteiger partial charge in [-0.25, -0.2) is 9.37 Å². The van der Waals surface area contributed by atoms with E-state index in [0.717, 1.165) is 29.5 Å². The second-order valence-electron chi connectivity index (χ2n) is 11.5. The Morgan fingerprint density at radius 1 is 1.11 bits per heavy atom. The molecule has 0 spiro atoms. The monoisotopic (exact) mass is 541 g/mol. The lowest BCUT2D eigenvalue weighted by atomic mass is 9.81. The third kappa shape index (κ3) is 7.02. The molecule has 1 fully saturated rings. The third-order valence-corrected chi connectivity index (χ3v) is 8.03. The highest BCUT2D eigenvalue weighted by molar-refractivity contribution is 7.57. The van der Waals surface area contributed by atoms with Crippen molar-refractivity contribution >= 4 is 7.37 Å². The molecule has 1 saturated carbocycles. The number of aromatic hydroxyl groups is 1. The first kappa shape index (κ1) is 28.3. The standard InChI is InChI=1S/C30H37FNO5P/c1-30(2,3)29(36-4)25-14-19(6-10-23(25)24-16-22(33)9-11-27(24)31)17-37-28-15-21(12-13-32-28)26(20-7-8-20)18-38(5,34)35/h6,9-16,20,26,29,33H,7-8,17-18H2,1-5H3,(H,34,35). The maximum Gasteiger partial charge on any atom is 0.213 e. The number of nitrogens with zero attached hydrogens (tertiary/aromatic N) is 1. The average molecular weight is 542 g/mol. The highest BCUT2D eigenvalue weighted by Gasteiger charge is 2.35.